The van der Waals surface area contributed by atoms with Gasteiger partial charge in [-0.2, -0.15) is 0 Å². The van der Waals surface area contributed by atoms with Crippen molar-refractivity contribution in [2.24, 2.45) is 0 Å². The van der Waals surface area contributed by atoms with E-state index in [2.05, 4.69) is 25.3 Å². The van der Waals surface area contributed by atoms with Crippen molar-refractivity contribution in [2.75, 3.05) is 51.8 Å². The number of aryl methyl sites for hydroxylation is 1. The van der Waals surface area contributed by atoms with Gasteiger partial charge in [-0.05, 0) is 61.5 Å². The predicted molar refractivity (Wildman–Crippen MR) is 144 cm³/mol. The number of hydrogen-bond acceptors (Lipinski definition) is 6. The summed E-state index contributed by atoms with van der Waals surface area (Å²) in [5, 5.41) is 11.4. The highest BCUT2D eigenvalue weighted by Crippen LogP contribution is 2.40. The van der Waals surface area contributed by atoms with Gasteiger partial charge in [0, 0.05) is 38.4 Å². The Kier molecular flexibility index (Phi) is 8.93. The Balaban J connectivity index is 2.09. The number of aliphatic hydroxyl groups excluding tert-OH is 1. The van der Waals surface area contributed by atoms with Crippen molar-refractivity contribution in [3.8, 4) is 5.75 Å². The van der Waals surface area contributed by atoms with E-state index in [0.29, 0.717) is 31.0 Å². The van der Waals surface area contributed by atoms with E-state index in [9.17, 15) is 14.7 Å². The Bertz CT molecular complexity index is 1130. The van der Waals surface area contributed by atoms with Crippen LogP contribution in [0.5, 0.6) is 5.75 Å². The molecule has 1 amide bonds. The Labute approximate surface area is 214 Å². The van der Waals surface area contributed by atoms with Gasteiger partial charge in [-0.25, -0.2) is 0 Å². The number of ketones is 1. The second-order valence-electron chi connectivity index (χ2n) is 9.08. The summed E-state index contributed by atoms with van der Waals surface area (Å²) in [6.45, 7) is 12.7. The Morgan fingerprint density at radius 2 is 1.78 bits per heavy atom. The number of likely N-dealkylation sites (N-methyl/N-ethyl adjacent to an activating group) is 1. The van der Waals surface area contributed by atoms with Gasteiger partial charge in [0.2, 0.25) is 0 Å². The molecule has 0 saturated carbocycles. The van der Waals surface area contributed by atoms with Gasteiger partial charge in [0.05, 0.1) is 11.6 Å². The van der Waals surface area contributed by atoms with Gasteiger partial charge < -0.3 is 24.5 Å². The van der Waals surface area contributed by atoms with Crippen molar-refractivity contribution < 1.29 is 19.4 Å². The third-order valence-electron chi connectivity index (χ3n) is 6.64. The van der Waals surface area contributed by atoms with Crippen LogP contribution in [-0.4, -0.2) is 73.5 Å². The predicted octanol–water partition coefficient (Wildman–Crippen LogP) is 4.39. The lowest BCUT2D eigenvalue weighted by molar-refractivity contribution is -0.140. The van der Waals surface area contributed by atoms with E-state index in [1.807, 2.05) is 50.2 Å². The molecule has 7 heteroatoms. The van der Waals surface area contributed by atoms with Gasteiger partial charge in [0.25, 0.3) is 11.7 Å². The fourth-order valence-corrected chi connectivity index (χ4v) is 4.49. The van der Waals surface area contributed by atoms with E-state index in [4.69, 9.17) is 4.74 Å². The van der Waals surface area contributed by atoms with Crippen molar-refractivity contribution in [1.29, 1.82) is 0 Å². The van der Waals surface area contributed by atoms with Gasteiger partial charge >= 0.3 is 0 Å². The molecule has 1 atom stereocenters. The number of ether oxygens (including phenoxy) is 1. The number of nitrogens with zero attached hydrogens (tertiary/aromatic N) is 3. The summed E-state index contributed by atoms with van der Waals surface area (Å²) in [6.07, 6.45) is 1.66. The third-order valence-corrected chi connectivity index (χ3v) is 6.64. The first-order valence-electron chi connectivity index (χ1n) is 12.4. The highest BCUT2D eigenvalue weighted by atomic mass is 16.5. The van der Waals surface area contributed by atoms with Crippen LogP contribution in [0.15, 0.2) is 60.7 Å². The molecule has 1 saturated heterocycles. The van der Waals surface area contributed by atoms with Crippen LogP contribution in [0.1, 0.15) is 36.6 Å². The van der Waals surface area contributed by atoms with Crippen molar-refractivity contribution in [3.63, 3.8) is 0 Å². The molecule has 0 spiro atoms. The molecule has 1 unspecified atom stereocenters. The molecule has 2 aromatic carbocycles. The summed E-state index contributed by atoms with van der Waals surface area (Å²) >= 11 is 0. The molecule has 0 radical (unpaired) electrons. The van der Waals surface area contributed by atoms with Crippen molar-refractivity contribution in [2.45, 2.75) is 26.8 Å². The number of hydrogen-bond donors (Lipinski definition) is 1. The summed E-state index contributed by atoms with van der Waals surface area (Å²) < 4.78 is 5.59. The molecule has 1 heterocycles. The molecule has 192 valence electrons. The second kappa shape index (κ2) is 11.9. The van der Waals surface area contributed by atoms with E-state index in [0.717, 1.165) is 29.9 Å². The Morgan fingerprint density at radius 3 is 2.33 bits per heavy atom. The number of anilines is 1. The highest BCUT2D eigenvalue weighted by Gasteiger charge is 2.46. The second-order valence-corrected chi connectivity index (χ2v) is 9.08. The Morgan fingerprint density at radius 1 is 1.11 bits per heavy atom. The number of rotatable bonds is 11. The number of carbonyl (C=O) groups is 2. The smallest absolute Gasteiger partial charge is 0.295 e. The summed E-state index contributed by atoms with van der Waals surface area (Å²) in [5.74, 6) is -0.790. The molecule has 0 bridgehead atoms. The number of Topliss-reactive ketones (excluding diaryl/α,β-unsaturated/α-hetero) is 1. The summed E-state index contributed by atoms with van der Waals surface area (Å²) in [6, 6.07) is 12.3. The van der Waals surface area contributed by atoms with E-state index < -0.39 is 17.7 Å². The number of aliphatic hydroxyl groups is 1. The largest absolute Gasteiger partial charge is 0.507 e. The number of benzene rings is 2. The molecule has 1 N–H and O–H groups in total. The first kappa shape index (κ1) is 27.0. The van der Waals surface area contributed by atoms with E-state index >= 15 is 0 Å². The third kappa shape index (κ3) is 5.62. The highest BCUT2D eigenvalue weighted by molar-refractivity contribution is 6.46. The first-order chi connectivity index (χ1) is 17.2. The van der Waals surface area contributed by atoms with Gasteiger partial charge in [0.1, 0.15) is 18.1 Å². The van der Waals surface area contributed by atoms with Crippen molar-refractivity contribution in [1.82, 2.24) is 9.80 Å². The summed E-state index contributed by atoms with van der Waals surface area (Å²) in [4.78, 5) is 32.3. The lowest BCUT2D eigenvalue weighted by Gasteiger charge is -2.28. The van der Waals surface area contributed by atoms with Gasteiger partial charge in [-0.1, -0.05) is 38.6 Å². The minimum Gasteiger partial charge on any atom is -0.507 e. The maximum absolute atomic E-state index is 13.3. The molecule has 1 aliphatic heterocycles. The zero-order chi connectivity index (χ0) is 26.4. The lowest BCUT2D eigenvalue weighted by atomic mass is 9.93. The average molecular weight is 492 g/mol. The molecule has 2 aromatic rings. The van der Waals surface area contributed by atoms with Crippen molar-refractivity contribution in [3.05, 3.63) is 77.4 Å². The normalized spacial score (nSPS) is 17.1. The van der Waals surface area contributed by atoms with Crippen LogP contribution in [0.3, 0.4) is 0 Å². The summed E-state index contributed by atoms with van der Waals surface area (Å²) in [7, 11) is 3.91. The molecular weight excluding hydrogens is 454 g/mol. The first-order valence-corrected chi connectivity index (χ1v) is 12.4. The van der Waals surface area contributed by atoms with Gasteiger partial charge in [-0.3, -0.25) is 9.59 Å². The maximum atomic E-state index is 13.3. The molecule has 1 fully saturated rings. The summed E-state index contributed by atoms with van der Waals surface area (Å²) in [5.41, 5.74) is 3.14. The zero-order valence-corrected chi connectivity index (χ0v) is 22.0. The van der Waals surface area contributed by atoms with Crippen LogP contribution >= 0.6 is 0 Å². The monoisotopic (exact) mass is 491 g/mol. The van der Waals surface area contributed by atoms with Crippen molar-refractivity contribution >= 4 is 23.1 Å². The van der Waals surface area contributed by atoms with E-state index in [-0.39, 0.29) is 11.3 Å². The van der Waals surface area contributed by atoms with Crippen LogP contribution in [0, 0.1) is 6.92 Å². The SMILES string of the molecule is C=CCOc1ccc(/C(O)=C2\C(=O)C(=O)N(CCN(CC)CC)C2c2ccc(N(C)C)cc2)c(C)c1. The topological polar surface area (TPSA) is 73.3 Å². The molecule has 0 aromatic heterocycles. The standard InChI is InChI=1S/C29H37N3O4/c1-7-18-36-23-14-15-24(20(4)19-23)27(33)25-26(21-10-12-22(13-11-21)30(5)6)32(29(35)28(25)34)17-16-31(8-2)9-3/h7,10-15,19,26,33H,1,8-9,16-18H2,2-6H3/b27-25+. The molecular formula is C29H37N3O4. The van der Waals surface area contributed by atoms with Crippen LogP contribution in [0.4, 0.5) is 5.69 Å². The van der Waals surface area contributed by atoms with Crippen LogP contribution in [-0.2, 0) is 9.59 Å². The minimum atomic E-state index is -0.673. The fourth-order valence-electron chi connectivity index (χ4n) is 4.49. The Hall–Kier alpha value is -3.58. The molecule has 36 heavy (non-hydrogen) atoms. The minimum absolute atomic E-state index is 0.111. The molecule has 0 aliphatic carbocycles. The molecule has 7 nitrogen and oxygen atoms in total. The zero-order valence-electron chi connectivity index (χ0n) is 22.0. The maximum Gasteiger partial charge on any atom is 0.295 e. The number of carbonyl (C=O) groups excluding carboxylic acids is 2. The van der Waals surface area contributed by atoms with E-state index in [1.54, 1.807) is 29.2 Å². The van der Waals surface area contributed by atoms with Crippen LogP contribution in [0.25, 0.3) is 5.76 Å². The molecule has 3 rings (SSSR count). The quantitative estimate of drug-likeness (QED) is 0.218. The number of amides is 1. The number of likely N-dealkylation sites (tertiary alicyclic amines) is 1. The van der Waals surface area contributed by atoms with Crippen LogP contribution in [0.2, 0.25) is 0 Å². The van der Waals surface area contributed by atoms with Gasteiger partial charge in [-0.15, -0.1) is 0 Å². The van der Waals surface area contributed by atoms with Gasteiger partial charge in [0.15, 0.2) is 0 Å². The average Bonchev–Trinajstić information content (AvgIpc) is 3.12. The van der Waals surface area contributed by atoms with E-state index in [1.165, 1.54) is 0 Å². The lowest BCUT2D eigenvalue weighted by Crippen LogP contribution is -2.38. The molecule has 1 aliphatic rings. The fraction of sp³-hybridized carbons (Fsp3) is 0.379. The van der Waals surface area contributed by atoms with Crippen LogP contribution < -0.4 is 9.64 Å².